The lowest BCUT2D eigenvalue weighted by Gasteiger charge is -2.23. The third-order valence-corrected chi connectivity index (χ3v) is 6.55. The van der Waals surface area contributed by atoms with Crippen molar-refractivity contribution in [1.29, 1.82) is 5.26 Å². The second-order valence-corrected chi connectivity index (χ2v) is 9.44. The van der Waals surface area contributed by atoms with Crippen LogP contribution in [0.4, 0.5) is 11.4 Å². The number of hydrogen-bond acceptors (Lipinski definition) is 5. The van der Waals surface area contributed by atoms with Gasteiger partial charge in [0.25, 0.3) is 0 Å². The fraction of sp³-hybridized carbons (Fsp3) is 0.308. The topological polar surface area (TPSA) is 90.4 Å². The summed E-state index contributed by atoms with van der Waals surface area (Å²) in [5.41, 5.74) is 5.15. The number of carbonyl (C=O) groups excluding carboxylic acids is 2. The van der Waals surface area contributed by atoms with E-state index in [4.69, 9.17) is 9.78 Å². The van der Waals surface area contributed by atoms with Gasteiger partial charge in [-0.1, -0.05) is 37.2 Å². The van der Waals surface area contributed by atoms with Gasteiger partial charge in [-0.25, -0.2) is 0 Å². The number of carbonyl (C=O) groups is 2. The molecule has 3 aromatic rings. The van der Waals surface area contributed by atoms with E-state index in [-0.39, 0.29) is 23.7 Å². The smallest absolute Gasteiger partial charge is 0.232 e. The maximum absolute atomic E-state index is 13.6. The van der Waals surface area contributed by atoms with Crippen LogP contribution in [0.15, 0.2) is 59.4 Å². The molecule has 33 heavy (non-hydrogen) atoms. The summed E-state index contributed by atoms with van der Waals surface area (Å²) < 4.78 is 4.94. The van der Waals surface area contributed by atoms with Crippen LogP contribution in [0, 0.1) is 17.2 Å². The van der Waals surface area contributed by atoms with Gasteiger partial charge in [0.2, 0.25) is 11.8 Å². The molecule has 0 saturated carbocycles. The molecule has 1 atom stereocenters. The molecular formula is C26H24N4O3. The number of amides is 2. The van der Waals surface area contributed by atoms with Crippen LogP contribution in [0.5, 0.6) is 0 Å². The zero-order valence-electron chi connectivity index (χ0n) is 18.6. The Morgan fingerprint density at radius 2 is 2.09 bits per heavy atom. The highest BCUT2D eigenvalue weighted by molar-refractivity contribution is 6.05. The molecule has 0 N–H and O–H groups in total. The summed E-state index contributed by atoms with van der Waals surface area (Å²) in [7, 11) is 0. The first-order valence-corrected chi connectivity index (χ1v) is 11.0. The lowest BCUT2D eigenvalue weighted by molar-refractivity contribution is -0.124. The second-order valence-electron chi connectivity index (χ2n) is 9.44. The van der Waals surface area contributed by atoms with Crippen molar-refractivity contribution in [2.45, 2.75) is 32.1 Å². The highest BCUT2D eigenvalue weighted by atomic mass is 16.5. The number of benzene rings is 2. The highest BCUT2D eigenvalue weighted by Gasteiger charge is 2.43. The summed E-state index contributed by atoms with van der Waals surface area (Å²) in [5.74, 6) is -0.534. The molecule has 7 heteroatoms. The average Bonchev–Trinajstić information content (AvgIpc) is 3.52. The van der Waals surface area contributed by atoms with Gasteiger partial charge < -0.3 is 14.3 Å². The van der Waals surface area contributed by atoms with Crippen LogP contribution < -0.4 is 9.80 Å². The van der Waals surface area contributed by atoms with Gasteiger partial charge in [-0.2, -0.15) is 5.26 Å². The van der Waals surface area contributed by atoms with Crippen molar-refractivity contribution < 1.29 is 14.1 Å². The third kappa shape index (κ3) is 3.78. The maximum atomic E-state index is 13.6. The van der Waals surface area contributed by atoms with Crippen molar-refractivity contribution in [3.05, 3.63) is 77.2 Å². The molecule has 2 amide bonds. The molecule has 1 unspecified atom stereocenters. The van der Waals surface area contributed by atoms with Gasteiger partial charge in [-0.15, -0.1) is 0 Å². The monoisotopic (exact) mass is 440 g/mol. The normalized spacial score (nSPS) is 18.9. The van der Waals surface area contributed by atoms with Crippen LogP contribution in [0.25, 0.3) is 0 Å². The van der Waals surface area contributed by atoms with Crippen LogP contribution in [-0.4, -0.2) is 30.1 Å². The van der Waals surface area contributed by atoms with Crippen molar-refractivity contribution in [3.63, 3.8) is 0 Å². The van der Waals surface area contributed by atoms with Crippen molar-refractivity contribution in [3.8, 4) is 6.07 Å². The number of anilines is 2. The van der Waals surface area contributed by atoms with E-state index < -0.39 is 5.92 Å². The first kappa shape index (κ1) is 21.0. The highest BCUT2D eigenvalue weighted by Crippen LogP contribution is 2.42. The summed E-state index contributed by atoms with van der Waals surface area (Å²) >= 11 is 0. The van der Waals surface area contributed by atoms with Gasteiger partial charge in [0, 0.05) is 48.3 Å². The molecule has 0 radical (unpaired) electrons. The molecule has 2 aliphatic heterocycles. The molecule has 1 aromatic heterocycles. The van der Waals surface area contributed by atoms with Crippen molar-refractivity contribution in [2.75, 3.05) is 22.9 Å². The summed E-state index contributed by atoms with van der Waals surface area (Å²) in [6, 6.07) is 15.3. The van der Waals surface area contributed by atoms with Gasteiger partial charge >= 0.3 is 0 Å². The van der Waals surface area contributed by atoms with Crippen molar-refractivity contribution in [1.82, 2.24) is 5.16 Å². The van der Waals surface area contributed by atoms with Crippen molar-refractivity contribution >= 4 is 23.2 Å². The van der Waals surface area contributed by atoms with E-state index >= 15 is 0 Å². The predicted molar refractivity (Wildman–Crippen MR) is 123 cm³/mol. The van der Waals surface area contributed by atoms with E-state index in [2.05, 4.69) is 31.1 Å². The van der Waals surface area contributed by atoms with Crippen LogP contribution >= 0.6 is 0 Å². The Kier molecular flexibility index (Phi) is 5.01. The SMILES string of the molecule is CC1(C)CN(C(=O)C2CC(=O)N(c3cccc(C#N)c3)C2)c2ccc(Cc3cnoc3)cc21. The number of hydrogen-bond donors (Lipinski definition) is 0. The minimum Gasteiger partial charge on any atom is -0.364 e. The lowest BCUT2D eigenvalue weighted by atomic mass is 9.85. The molecule has 1 fully saturated rings. The molecule has 7 nitrogen and oxygen atoms in total. The minimum absolute atomic E-state index is 0.0269. The van der Waals surface area contributed by atoms with E-state index in [1.54, 1.807) is 41.6 Å². The Morgan fingerprint density at radius 3 is 2.85 bits per heavy atom. The summed E-state index contributed by atoms with van der Waals surface area (Å²) in [6.45, 7) is 5.18. The fourth-order valence-corrected chi connectivity index (χ4v) is 4.87. The minimum atomic E-state index is -0.415. The van der Waals surface area contributed by atoms with Crippen LogP contribution in [0.1, 0.15) is 42.5 Å². The Morgan fingerprint density at radius 1 is 1.24 bits per heavy atom. The van der Waals surface area contributed by atoms with E-state index in [0.29, 0.717) is 30.8 Å². The molecule has 0 bridgehead atoms. The molecule has 2 aliphatic rings. The molecule has 0 spiro atoms. The Balaban J connectivity index is 1.38. The molecule has 0 aliphatic carbocycles. The standard InChI is InChI=1S/C26H24N4O3/c1-26(2)16-30(23-7-6-17(10-22(23)26)8-19-13-28-33-15-19)25(32)20-11-24(31)29(14-20)21-5-3-4-18(9-21)12-27/h3-7,9-10,13,15,20H,8,11,14,16H2,1-2H3. The van der Waals surface area contributed by atoms with E-state index in [9.17, 15) is 9.59 Å². The van der Waals surface area contributed by atoms with E-state index in [1.807, 2.05) is 17.0 Å². The van der Waals surface area contributed by atoms with Crippen LogP contribution in [0.2, 0.25) is 0 Å². The molecular weight excluding hydrogens is 416 g/mol. The van der Waals surface area contributed by atoms with Crippen molar-refractivity contribution in [2.24, 2.45) is 5.92 Å². The zero-order chi connectivity index (χ0) is 23.2. The average molecular weight is 441 g/mol. The van der Waals surface area contributed by atoms with E-state index in [0.717, 1.165) is 22.4 Å². The summed E-state index contributed by atoms with van der Waals surface area (Å²) in [5, 5.41) is 12.9. The number of nitriles is 1. The Labute approximate surface area is 192 Å². The number of fused-ring (bicyclic) bond motifs is 1. The Hall–Kier alpha value is -3.92. The molecule has 3 heterocycles. The van der Waals surface area contributed by atoms with Gasteiger partial charge in [-0.3, -0.25) is 9.59 Å². The van der Waals surface area contributed by atoms with Crippen LogP contribution in [-0.2, 0) is 21.4 Å². The maximum Gasteiger partial charge on any atom is 0.232 e. The predicted octanol–water partition coefficient (Wildman–Crippen LogP) is 3.81. The molecule has 5 rings (SSSR count). The number of rotatable bonds is 4. The Bertz CT molecular complexity index is 1270. The molecule has 2 aromatic carbocycles. The quantitative estimate of drug-likeness (QED) is 0.615. The van der Waals surface area contributed by atoms with Gasteiger partial charge in [0.15, 0.2) is 0 Å². The summed E-state index contributed by atoms with van der Waals surface area (Å²) in [4.78, 5) is 29.7. The van der Waals surface area contributed by atoms with Gasteiger partial charge in [-0.05, 0) is 35.4 Å². The number of nitrogens with zero attached hydrogens (tertiary/aromatic N) is 4. The molecule has 166 valence electrons. The van der Waals surface area contributed by atoms with Crippen LogP contribution in [0.3, 0.4) is 0 Å². The first-order valence-electron chi connectivity index (χ1n) is 11.0. The fourth-order valence-electron chi connectivity index (χ4n) is 4.87. The van der Waals surface area contributed by atoms with Gasteiger partial charge in [0.05, 0.1) is 23.7 Å². The first-order chi connectivity index (χ1) is 15.9. The lowest BCUT2D eigenvalue weighted by Crippen LogP contribution is -2.39. The molecule has 1 saturated heterocycles. The van der Waals surface area contributed by atoms with Gasteiger partial charge in [0.1, 0.15) is 6.26 Å². The summed E-state index contributed by atoms with van der Waals surface area (Å²) in [6.07, 6.45) is 4.24. The third-order valence-electron chi connectivity index (χ3n) is 6.55. The second kappa shape index (κ2) is 7.89. The largest absolute Gasteiger partial charge is 0.364 e. The number of aromatic nitrogens is 1. The zero-order valence-corrected chi connectivity index (χ0v) is 18.6. The van der Waals surface area contributed by atoms with E-state index in [1.165, 1.54) is 0 Å².